The summed E-state index contributed by atoms with van der Waals surface area (Å²) in [5.74, 6) is 1.21. The number of hydrogen-bond donors (Lipinski definition) is 2. The Bertz CT molecular complexity index is 1410. The quantitative estimate of drug-likeness (QED) is 0.429. The van der Waals surface area contributed by atoms with Crippen LogP contribution in [0.15, 0.2) is 59.5 Å². The number of nitrogens with zero attached hydrogens (tertiary/aromatic N) is 4. The third-order valence-corrected chi connectivity index (χ3v) is 7.10. The van der Waals surface area contributed by atoms with Crippen LogP contribution in [0.2, 0.25) is 0 Å². The van der Waals surface area contributed by atoms with Crippen molar-refractivity contribution in [3.05, 3.63) is 82.7 Å². The predicted molar refractivity (Wildman–Crippen MR) is 130 cm³/mol. The Kier molecular flexibility index (Phi) is 5.90. The molecule has 4 rings (SSSR count). The predicted octanol–water partition coefficient (Wildman–Crippen LogP) is 4.75. The first kappa shape index (κ1) is 22.5. The van der Waals surface area contributed by atoms with E-state index in [0.29, 0.717) is 17.3 Å². The average Bonchev–Trinajstić information content (AvgIpc) is 3.04. The van der Waals surface area contributed by atoms with Gasteiger partial charge in [0.15, 0.2) is 11.6 Å². The van der Waals surface area contributed by atoms with Gasteiger partial charge in [-0.25, -0.2) is 13.1 Å². The lowest BCUT2D eigenvalue weighted by molar-refractivity contribution is 0.601. The van der Waals surface area contributed by atoms with E-state index in [1.54, 1.807) is 47.1 Å². The molecule has 0 aliphatic carbocycles. The van der Waals surface area contributed by atoms with Crippen molar-refractivity contribution in [2.24, 2.45) is 0 Å². The van der Waals surface area contributed by atoms with E-state index in [0.717, 1.165) is 33.8 Å². The molecule has 0 atom stereocenters. The van der Waals surface area contributed by atoms with Crippen molar-refractivity contribution >= 4 is 27.2 Å². The smallest absolute Gasteiger partial charge is 0.261 e. The molecule has 2 N–H and O–H groups in total. The van der Waals surface area contributed by atoms with E-state index in [1.807, 2.05) is 46.8 Å². The van der Waals surface area contributed by atoms with Gasteiger partial charge in [-0.3, -0.25) is 4.72 Å². The summed E-state index contributed by atoms with van der Waals surface area (Å²) in [6.45, 7) is 9.83. The van der Waals surface area contributed by atoms with Gasteiger partial charge in [0.2, 0.25) is 0 Å². The summed E-state index contributed by atoms with van der Waals surface area (Å²) in [6, 6.07) is 15.7. The Hall–Kier alpha value is -3.72. The molecule has 0 aliphatic heterocycles. The van der Waals surface area contributed by atoms with Gasteiger partial charge in [-0.2, -0.15) is 5.10 Å². The van der Waals surface area contributed by atoms with Crippen LogP contribution < -0.4 is 10.0 Å². The van der Waals surface area contributed by atoms with E-state index in [4.69, 9.17) is 0 Å². The van der Waals surface area contributed by atoms with Crippen LogP contribution in [0.5, 0.6) is 0 Å². The first-order valence-corrected chi connectivity index (χ1v) is 12.0. The number of sulfonamides is 1. The molecule has 33 heavy (non-hydrogen) atoms. The number of anilines is 3. The SMILES string of the molecule is Cc1ccc(S(=O)(=O)Nc2ccc(Nc3ccc(-n4nc(C)c(C)c4C)nn3)cc2)cc1C. The lowest BCUT2D eigenvalue weighted by Crippen LogP contribution is -2.13. The normalized spacial score (nSPS) is 11.4. The van der Waals surface area contributed by atoms with Crippen LogP contribution in [0.3, 0.4) is 0 Å². The van der Waals surface area contributed by atoms with E-state index in [1.165, 1.54) is 0 Å². The molecule has 170 valence electrons. The van der Waals surface area contributed by atoms with Gasteiger partial charge < -0.3 is 5.32 Å². The van der Waals surface area contributed by atoms with Gasteiger partial charge in [0.25, 0.3) is 10.0 Å². The molecule has 0 saturated carbocycles. The summed E-state index contributed by atoms with van der Waals surface area (Å²) >= 11 is 0. The molecule has 4 aromatic rings. The lowest BCUT2D eigenvalue weighted by atomic mass is 10.1. The Labute approximate surface area is 193 Å². The monoisotopic (exact) mass is 462 g/mol. The molecule has 0 unspecified atom stereocenters. The van der Waals surface area contributed by atoms with Gasteiger partial charge in [-0.15, -0.1) is 10.2 Å². The number of aromatic nitrogens is 4. The summed E-state index contributed by atoms with van der Waals surface area (Å²) in [5, 5.41) is 16.2. The van der Waals surface area contributed by atoms with Crippen LogP contribution in [0.25, 0.3) is 5.82 Å². The molecular weight excluding hydrogens is 436 g/mol. The molecule has 2 aromatic carbocycles. The molecule has 0 saturated heterocycles. The van der Waals surface area contributed by atoms with Crippen LogP contribution in [-0.4, -0.2) is 28.4 Å². The van der Waals surface area contributed by atoms with Gasteiger partial charge in [-0.1, -0.05) is 6.07 Å². The summed E-state index contributed by atoms with van der Waals surface area (Å²) in [5.41, 5.74) is 6.33. The van der Waals surface area contributed by atoms with Crippen LogP contribution in [0.4, 0.5) is 17.2 Å². The zero-order valence-electron chi connectivity index (χ0n) is 19.2. The maximum atomic E-state index is 12.7. The maximum Gasteiger partial charge on any atom is 0.261 e. The first-order chi connectivity index (χ1) is 15.6. The fraction of sp³-hybridized carbons (Fsp3) is 0.208. The fourth-order valence-electron chi connectivity index (χ4n) is 3.31. The molecule has 8 nitrogen and oxygen atoms in total. The van der Waals surface area contributed by atoms with Crippen molar-refractivity contribution in [2.75, 3.05) is 10.0 Å². The van der Waals surface area contributed by atoms with Gasteiger partial charge in [0, 0.05) is 17.1 Å². The van der Waals surface area contributed by atoms with E-state index in [9.17, 15) is 8.42 Å². The van der Waals surface area contributed by atoms with Crippen LogP contribution in [-0.2, 0) is 10.0 Å². The van der Waals surface area contributed by atoms with Crippen molar-refractivity contribution in [3.8, 4) is 5.82 Å². The van der Waals surface area contributed by atoms with Crippen molar-refractivity contribution in [2.45, 2.75) is 39.5 Å². The topological polar surface area (TPSA) is 102 Å². The molecule has 0 spiro atoms. The highest BCUT2D eigenvalue weighted by molar-refractivity contribution is 7.92. The minimum absolute atomic E-state index is 0.237. The number of aryl methyl sites for hydroxylation is 3. The third-order valence-electron chi connectivity index (χ3n) is 5.72. The minimum atomic E-state index is -3.66. The second-order valence-corrected chi connectivity index (χ2v) is 9.72. The standard InChI is InChI=1S/C24H26N6O2S/c1-15-6-11-22(14-16(15)2)33(31,32)29-21-9-7-20(8-10-21)25-23-12-13-24(27-26-23)30-19(5)17(3)18(4)28-30/h6-14,29H,1-5H3,(H,25,26). The van der Waals surface area contributed by atoms with E-state index in [-0.39, 0.29) is 4.90 Å². The molecule has 0 aliphatic rings. The number of rotatable bonds is 6. The van der Waals surface area contributed by atoms with Gasteiger partial charge >= 0.3 is 0 Å². The van der Waals surface area contributed by atoms with Crippen molar-refractivity contribution in [1.82, 2.24) is 20.0 Å². The zero-order chi connectivity index (χ0) is 23.8. The summed E-state index contributed by atoms with van der Waals surface area (Å²) < 4.78 is 29.8. The zero-order valence-corrected chi connectivity index (χ0v) is 20.0. The highest BCUT2D eigenvalue weighted by Gasteiger charge is 2.15. The number of benzene rings is 2. The van der Waals surface area contributed by atoms with Gasteiger partial charge in [0.05, 0.1) is 10.6 Å². The Morgan fingerprint density at radius 2 is 1.48 bits per heavy atom. The third kappa shape index (κ3) is 4.73. The van der Waals surface area contributed by atoms with Crippen LogP contribution >= 0.6 is 0 Å². The Morgan fingerprint density at radius 3 is 2.06 bits per heavy atom. The molecular formula is C24H26N6O2S. The largest absolute Gasteiger partial charge is 0.339 e. The molecule has 2 aromatic heterocycles. The molecule has 0 bridgehead atoms. The van der Waals surface area contributed by atoms with Gasteiger partial charge in [-0.05, 0) is 99.8 Å². The number of nitrogens with one attached hydrogen (secondary N) is 2. The van der Waals surface area contributed by atoms with Crippen LogP contribution in [0.1, 0.15) is 28.1 Å². The summed E-state index contributed by atoms with van der Waals surface area (Å²) in [7, 11) is -3.66. The molecule has 9 heteroatoms. The second kappa shape index (κ2) is 8.67. The first-order valence-electron chi connectivity index (χ1n) is 10.5. The maximum absolute atomic E-state index is 12.7. The lowest BCUT2D eigenvalue weighted by Gasteiger charge is -2.11. The van der Waals surface area contributed by atoms with Crippen molar-refractivity contribution < 1.29 is 8.42 Å². The minimum Gasteiger partial charge on any atom is -0.339 e. The van der Waals surface area contributed by atoms with E-state index < -0.39 is 10.0 Å². The molecule has 0 radical (unpaired) electrons. The van der Waals surface area contributed by atoms with E-state index >= 15 is 0 Å². The van der Waals surface area contributed by atoms with Crippen LogP contribution in [0, 0.1) is 34.6 Å². The highest BCUT2D eigenvalue weighted by Crippen LogP contribution is 2.22. The summed E-state index contributed by atoms with van der Waals surface area (Å²) in [6.07, 6.45) is 0. The Morgan fingerprint density at radius 1 is 0.788 bits per heavy atom. The average molecular weight is 463 g/mol. The fourth-order valence-corrected chi connectivity index (χ4v) is 4.46. The van der Waals surface area contributed by atoms with Gasteiger partial charge in [0.1, 0.15) is 0 Å². The molecule has 0 amide bonds. The van der Waals surface area contributed by atoms with Crippen molar-refractivity contribution in [1.29, 1.82) is 0 Å². The highest BCUT2D eigenvalue weighted by atomic mass is 32.2. The van der Waals surface area contributed by atoms with E-state index in [2.05, 4.69) is 25.3 Å². The molecule has 0 fully saturated rings. The van der Waals surface area contributed by atoms with Crippen molar-refractivity contribution in [3.63, 3.8) is 0 Å². The second-order valence-electron chi connectivity index (χ2n) is 8.04. The number of hydrogen-bond acceptors (Lipinski definition) is 6. The Balaban J connectivity index is 1.45. The molecule has 2 heterocycles. The summed E-state index contributed by atoms with van der Waals surface area (Å²) in [4.78, 5) is 0.237.